The molecule has 0 spiro atoms. The highest BCUT2D eigenvalue weighted by Gasteiger charge is 2.55. The van der Waals surface area contributed by atoms with Crippen LogP contribution in [-0.4, -0.2) is 47.1 Å². The van der Waals surface area contributed by atoms with Gasteiger partial charge in [-0.1, -0.05) is 30.3 Å². The van der Waals surface area contributed by atoms with E-state index in [1.165, 1.54) is 47.4 Å². The van der Waals surface area contributed by atoms with Gasteiger partial charge in [0.25, 0.3) is 11.8 Å². The molecule has 1 saturated heterocycles. The summed E-state index contributed by atoms with van der Waals surface area (Å²) < 4.78 is 27.7. The van der Waals surface area contributed by atoms with Gasteiger partial charge in [-0.2, -0.15) is 0 Å². The van der Waals surface area contributed by atoms with Gasteiger partial charge >= 0.3 is 0 Å². The number of anilines is 1. The molecule has 0 aliphatic carbocycles. The number of likely N-dealkylation sites (tertiary alicyclic amines) is 1. The lowest BCUT2D eigenvalue weighted by atomic mass is 9.71. The fraction of sp³-hybridized carbons (Fsp3) is 0.200. The van der Waals surface area contributed by atoms with E-state index in [1.54, 1.807) is 23.1 Å². The second-order valence-corrected chi connectivity index (χ2v) is 8.02. The van der Waals surface area contributed by atoms with E-state index in [0.717, 1.165) is 5.56 Å². The summed E-state index contributed by atoms with van der Waals surface area (Å²) in [5, 5.41) is 10.1. The Hall–Kier alpha value is -3.58. The monoisotopic (exact) mass is 434 g/mol. The zero-order valence-corrected chi connectivity index (χ0v) is 17.0. The SMILES string of the molecule is O=C(c1ccccc1F)N1C[C@@H]2[C@H](c3ccccc31)[C@H](CO)N2C(=O)c1ccc(F)cc1. The minimum absolute atomic E-state index is 0.0461. The fourth-order valence-electron chi connectivity index (χ4n) is 4.88. The molecule has 0 aromatic heterocycles. The van der Waals surface area contributed by atoms with Gasteiger partial charge in [0.2, 0.25) is 0 Å². The molecule has 0 radical (unpaired) electrons. The largest absolute Gasteiger partial charge is 0.394 e. The molecule has 3 atom stereocenters. The summed E-state index contributed by atoms with van der Waals surface area (Å²) in [6.45, 7) is -0.0814. The number of rotatable bonds is 3. The molecular formula is C25H20F2N2O3. The lowest BCUT2D eigenvalue weighted by molar-refractivity contribution is -0.0246. The molecule has 7 heteroatoms. The van der Waals surface area contributed by atoms with Crippen LogP contribution in [0.1, 0.15) is 32.2 Å². The van der Waals surface area contributed by atoms with Gasteiger partial charge in [-0.15, -0.1) is 0 Å². The number of hydrogen-bond donors (Lipinski definition) is 1. The minimum atomic E-state index is -0.613. The summed E-state index contributed by atoms with van der Waals surface area (Å²) in [5.74, 6) is -2.06. The van der Waals surface area contributed by atoms with Crippen LogP contribution in [0.4, 0.5) is 14.5 Å². The zero-order valence-electron chi connectivity index (χ0n) is 17.0. The minimum Gasteiger partial charge on any atom is -0.394 e. The van der Waals surface area contributed by atoms with E-state index < -0.39 is 29.6 Å². The third-order valence-corrected chi connectivity index (χ3v) is 6.36. The summed E-state index contributed by atoms with van der Waals surface area (Å²) in [5.41, 5.74) is 1.73. The number of hydrogen-bond acceptors (Lipinski definition) is 3. The molecule has 32 heavy (non-hydrogen) atoms. The van der Waals surface area contributed by atoms with E-state index in [1.807, 2.05) is 12.1 Å². The van der Waals surface area contributed by atoms with Crippen molar-refractivity contribution in [1.29, 1.82) is 0 Å². The van der Waals surface area contributed by atoms with Crippen molar-refractivity contribution in [3.63, 3.8) is 0 Å². The summed E-state index contributed by atoms with van der Waals surface area (Å²) in [7, 11) is 0. The third kappa shape index (κ3) is 3.08. The van der Waals surface area contributed by atoms with Crippen LogP contribution in [0.25, 0.3) is 0 Å². The number of carbonyl (C=O) groups is 2. The van der Waals surface area contributed by atoms with Crippen molar-refractivity contribution in [2.45, 2.75) is 18.0 Å². The van der Waals surface area contributed by atoms with E-state index in [4.69, 9.17) is 0 Å². The Bertz CT molecular complexity index is 1200. The van der Waals surface area contributed by atoms with Crippen LogP contribution in [0, 0.1) is 11.6 Å². The normalized spacial score (nSPS) is 21.4. The maximum atomic E-state index is 14.4. The molecule has 0 unspecified atom stereocenters. The van der Waals surface area contributed by atoms with Gasteiger partial charge in [0, 0.05) is 23.7 Å². The van der Waals surface area contributed by atoms with Gasteiger partial charge in [0.1, 0.15) is 11.6 Å². The molecule has 0 bridgehead atoms. The molecule has 2 heterocycles. The van der Waals surface area contributed by atoms with Crippen LogP contribution < -0.4 is 4.90 Å². The standard InChI is InChI=1S/C25H20F2N2O3/c26-16-11-9-15(10-12-16)24(31)29-21-13-28(25(32)17-5-1-3-7-19(17)27)20-8-4-2-6-18(20)23(21)22(29)14-30/h1-12,21-23,30H,13-14H2/t21-,22+,23+/m1/s1. The molecule has 2 aliphatic rings. The summed E-state index contributed by atoms with van der Waals surface area (Å²) in [4.78, 5) is 29.5. The van der Waals surface area contributed by atoms with Crippen molar-refractivity contribution in [2.75, 3.05) is 18.1 Å². The Labute approximate surface area is 183 Å². The number of para-hydroxylation sites is 1. The Morgan fingerprint density at radius 1 is 0.906 bits per heavy atom. The summed E-state index contributed by atoms with van der Waals surface area (Å²) >= 11 is 0. The molecular weight excluding hydrogens is 414 g/mol. The highest BCUT2D eigenvalue weighted by atomic mass is 19.1. The number of aliphatic hydroxyl groups is 1. The molecule has 2 amide bonds. The van der Waals surface area contributed by atoms with Gasteiger partial charge in [0.05, 0.1) is 24.3 Å². The number of benzene rings is 3. The van der Waals surface area contributed by atoms with E-state index in [0.29, 0.717) is 11.3 Å². The molecule has 5 rings (SSSR count). The Morgan fingerprint density at radius 3 is 2.31 bits per heavy atom. The van der Waals surface area contributed by atoms with Gasteiger partial charge in [0.15, 0.2) is 0 Å². The van der Waals surface area contributed by atoms with Crippen LogP contribution in [0.3, 0.4) is 0 Å². The van der Waals surface area contributed by atoms with Crippen molar-refractivity contribution < 1.29 is 23.5 Å². The first-order valence-electron chi connectivity index (χ1n) is 10.4. The molecule has 2 aliphatic heterocycles. The van der Waals surface area contributed by atoms with Gasteiger partial charge in [-0.05, 0) is 48.0 Å². The molecule has 0 saturated carbocycles. The van der Waals surface area contributed by atoms with E-state index in [-0.39, 0.29) is 30.5 Å². The third-order valence-electron chi connectivity index (χ3n) is 6.36. The average molecular weight is 434 g/mol. The second kappa shape index (κ2) is 7.84. The molecule has 3 aromatic carbocycles. The summed E-state index contributed by atoms with van der Waals surface area (Å²) in [6.07, 6.45) is 0. The molecule has 1 N–H and O–H groups in total. The molecule has 3 aromatic rings. The number of halogens is 2. The van der Waals surface area contributed by atoms with Crippen molar-refractivity contribution >= 4 is 17.5 Å². The lowest BCUT2D eigenvalue weighted by Gasteiger charge is -2.58. The van der Waals surface area contributed by atoms with Gasteiger partial charge < -0.3 is 14.9 Å². The maximum Gasteiger partial charge on any atom is 0.261 e. The molecule has 162 valence electrons. The van der Waals surface area contributed by atoms with Gasteiger partial charge in [-0.25, -0.2) is 8.78 Å². The van der Waals surface area contributed by atoms with Crippen molar-refractivity contribution in [1.82, 2.24) is 4.90 Å². The Kier molecular flexibility index (Phi) is 4.98. The number of fused-ring (bicyclic) bond motifs is 3. The summed E-state index contributed by atoms with van der Waals surface area (Å²) in [6, 6.07) is 17.5. The van der Waals surface area contributed by atoms with Crippen molar-refractivity contribution in [3.8, 4) is 0 Å². The predicted octanol–water partition coefficient (Wildman–Crippen LogP) is 3.59. The number of aliphatic hydroxyl groups excluding tert-OH is 1. The van der Waals surface area contributed by atoms with Crippen molar-refractivity contribution in [3.05, 3.63) is 101 Å². The highest BCUT2D eigenvalue weighted by Crippen LogP contribution is 2.48. The first kappa shape index (κ1) is 20.3. The first-order chi connectivity index (χ1) is 15.5. The first-order valence-corrected chi connectivity index (χ1v) is 10.4. The van der Waals surface area contributed by atoms with Crippen LogP contribution in [-0.2, 0) is 0 Å². The zero-order chi connectivity index (χ0) is 22.4. The smallest absolute Gasteiger partial charge is 0.261 e. The van der Waals surface area contributed by atoms with Crippen LogP contribution in [0.15, 0.2) is 72.8 Å². The molecule has 5 nitrogen and oxygen atoms in total. The highest BCUT2D eigenvalue weighted by molar-refractivity contribution is 6.07. The van der Waals surface area contributed by atoms with E-state index >= 15 is 0 Å². The van der Waals surface area contributed by atoms with Gasteiger partial charge in [-0.3, -0.25) is 9.59 Å². The Morgan fingerprint density at radius 2 is 1.59 bits per heavy atom. The Balaban J connectivity index is 1.54. The maximum absolute atomic E-state index is 14.4. The number of nitrogens with zero attached hydrogens (tertiary/aromatic N) is 2. The fourth-order valence-corrected chi connectivity index (χ4v) is 4.88. The van der Waals surface area contributed by atoms with Crippen LogP contribution >= 0.6 is 0 Å². The van der Waals surface area contributed by atoms with Crippen LogP contribution in [0.2, 0.25) is 0 Å². The lowest BCUT2D eigenvalue weighted by Crippen LogP contribution is -2.70. The quantitative estimate of drug-likeness (QED) is 0.685. The van der Waals surface area contributed by atoms with Crippen molar-refractivity contribution in [2.24, 2.45) is 0 Å². The predicted molar refractivity (Wildman–Crippen MR) is 114 cm³/mol. The van der Waals surface area contributed by atoms with Crippen LogP contribution in [0.5, 0.6) is 0 Å². The topological polar surface area (TPSA) is 60.9 Å². The van der Waals surface area contributed by atoms with E-state index in [9.17, 15) is 23.5 Å². The number of amides is 2. The molecule has 1 fully saturated rings. The average Bonchev–Trinajstić information content (AvgIpc) is 2.79. The van der Waals surface area contributed by atoms with E-state index in [2.05, 4.69) is 0 Å². The number of carbonyl (C=O) groups excluding carboxylic acids is 2. The second-order valence-electron chi connectivity index (χ2n) is 8.02.